The molecule has 0 N–H and O–H groups in total. The molecule has 1 radical (unpaired) electrons. The van der Waals surface area contributed by atoms with Crippen molar-refractivity contribution in [3.8, 4) is 11.5 Å². The number of hydrogen-bond acceptors (Lipinski definition) is 1. The first-order valence-electron chi connectivity index (χ1n) is 3.64. The van der Waals surface area contributed by atoms with Crippen LogP contribution in [-0.4, -0.2) is 6.61 Å². The zero-order valence-corrected chi connectivity index (χ0v) is 6.76. The zero-order chi connectivity index (χ0) is 8.27. The van der Waals surface area contributed by atoms with Crippen LogP contribution in [0.2, 0.25) is 0 Å². The molecule has 2 heteroatoms. The summed E-state index contributed by atoms with van der Waals surface area (Å²) in [6, 6.07) is 5.15. The van der Waals surface area contributed by atoms with E-state index in [1.54, 1.807) is 12.1 Å². The number of ether oxygens (including phenoxy) is 1. The fourth-order valence-electron chi connectivity index (χ4n) is 0.890. The number of benzene rings is 1. The molecule has 59 valence electrons. The Labute approximate surface area is 66.4 Å². The minimum absolute atomic E-state index is 0.0353. The highest BCUT2D eigenvalue weighted by molar-refractivity contribution is 5.40. The Balaban J connectivity index is 2.90. The second-order valence-corrected chi connectivity index (χ2v) is 2.38. The molecule has 0 bridgehead atoms. The number of hydrogen-bond donors (Lipinski definition) is 0. The molecule has 2 nitrogen and oxygen atoms in total. The summed E-state index contributed by atoms with van der Waals surface area (Å²) < 4.78 is 5.08. The Bertz CT molecular complexity index is 243. The largest absolute Gasteiger partial charge is 0.490 e. The Morgan fingerprint density at radius 2 is 2.18 bits per heavy atom. The predicted molar refractivity (Wildman–Crippen MR) is 42.5 cm³/mol. The van der Waals surface area contributed by atoms with E-state index in [1.807, 2.05) is 19.9 Å². The normalized spacial score (nSPS) is 9.64. The van der Waals surface area contributed by atoms with Gasteiger partial charge < -0.3 is 4.74 Å². The summed E-state index contributed by atoms with van der Waals surface area (Å²) in [4.78, 5) is 0. The first kappa shape index (κ1) is 7.92. The van der Waals surface area contributed by atoms with Gasteiger partial charge in [0.2, 0.25) is 5.75 Å². The van der Waals surface area contributed by atoms with Crippen molar-refractivity contribution < 1.29 is 9.84 Å². The quantitative estimate of drug-likeness (QED) is 0.638. The highest BCUT2D eigenvalue weighted by Gasteiger charge is 2.01. The van der Waals surface area contributed by atoms with Gasteiger partial charge in [-0.15, -0.1) is 0 Å². The maximum atomic E-state index is 11.1. The molecule has 0 aliphatic carbocycles. The zero-order valence-electron chi connectivity index (χ0n) is 6.76. The van der Waals surface area contributed by atoms with E-state index in [1.165, 1.54) is 0 Å². The highest BCUT2D eigenvalue weighted by Crippen LogP contribution is 2.26. The van der Waals surface area contributed by atoms with Gasteiger partial charge in [0.25, 0.3) is 0 Å². The average molecular weight is 151 g/mol. The van der Waals surface area contributed by atoms with Gasteiger partial charge in [0.1, 0.15) is 0 Å². The summed E-state index contributed by atoms with van der Waals surface area (Å²) in [5.74, 6) is 0.407. The van der Waals surface area contributed by atoms with Crippen LogP contribution >= 0.6 is 0 Å². The van der Waals surface area contributed by atoms with Gasteiger partial charge in [-0.25, -0.2) is 0 Å². The Morgan fingerprint density at radius 1 is 1.45 bits per heavy atom. The number of rotatable bonds is 2. The van der Waals surface area contributed by atoms with Crippen LogP contribution in [0.25, 0.3) is 0 Å². The molecular formula is C9H11O2. The summed E-state index contributed by atoms with van der Waals surface area (Å²) in [6.07, 6.45) is 0. The lowest BCUT2D eigenvalue weighted by atomic mass is 10.2. The molecule has 1 aromatic rings. The van der Waals surface area contributed by atoms with Crippen molar-refractivity contribution in [3.05, 3.63) is 23.8 Å². The summed E-state index contributed by atoms with van der Waals surface area (Å²) in [5.41, 5.74) is 0.971. The van der Waals surface area contributed by atoms with Crippen molar-refractivity contribution >= 4 is 0 Å². The molecular weight excluding hydrogens is 140 g/mol. The molecule has 0 aliphatic heterocycles. The van der Waals surface area contributed by atoms with Crippen molar-refractivity contribution in [1.82, 2.24) is 0 Å². The molecule has 0 atom stereocenters. The molecule has 1 rings (SSSR count). The van der Waals surface area contributed by atoms with Gasteiger partial charge >= 0.3 is 0 Å². The molecule has 0 saturated heterocycles. The van der Waals surface area contributed by atoms with Crippen molar-refractivity contribution in [2.24, 2.45) is 0 Å². The molecule has 0 saturated carbocycles. The van der Waals surface area contributed by atoms with Crippen LogP contribution in [0, 0.1) is 6.92 Å². The number of aryl methyl sites for hydroxylation is 1. The molecule has 0 aliphatic rings. The second-order valence-electron chi connectivity index (χ2n) is 2.38. The average Bonchev–Trinajstić information content (AvgIpc) is 1.95. The third kappa shape index (κ3) is 1.87. The topological polar surface area (TPSA) is 29.1 Å². The summed E-state index contributed by atoms with van der Waals surface area (Å²) in [6.45, 7) is 4.29. The summed E-state index contributed by atoms with van der Waals surface area (Å²) >= 11 is 0. The standard InChI is InChI=1S/C9H11O2/c1-3-11-9-5-4-7(2)6-8(9)10/h4-6H,3H2,1-2H3. The Kier molecular flexibility index (Phi) is 2.36. The minimum Gasteiger partial charge on any atom is -0.490 e. The molecule has 0 spiro atoms. The lowest BCUT2D eigenvalue weighted by Gasteiger charge is -2.02. The molecule has 0 unspecified atom stereocenters. The third-order valence-corrected chi connectivity index (χ3v) is 1.40. The fraction of sp³-hybridized carbons (Fsp3) is 0.333. The van der Waals surface area contributed by atoms with Crippen molar-refractivity contribution in [2.75, 3.05) is 6.61 Å². The molecule has 11 heavy (non-hydrogen) atoms. The molecule has 1 aromatic carbocycles. The van der Waals surface area contributed by atoms with Crippen LogP contribution in [0.1, 0.15) is 12.5 Å². The van der Waals surface area contributed by atoms with Gasteiger partial charge in [-0.2, -0.15) is 0 Å². The lowest BCUT2D eigenvalue weighted by molar-refractivity contribution is 0.287. The van der Waals surface area contributed by atoms with E-state index in [0.29, 0.717) is 12.4 Å². The second kappa shape index (κ2) is 3.28. The fourth-order valence-corrected chi connectivity index (χ4v) is 0.890. The SMILES string of the molecule is CCOc1ccc(C)cc1[O]. The highest BCUT2D eigenvalue weighted by atomic mass is 16.5. The van der Waals surface area contributed by atoms with Crippen molar-refractivity contribution in [3.63, 3.8) is 0 Å². The van der Waals surface area contributed by atoms with Crippen LogP contribution in [0.4, 0.5) is 0 Å². The van der Waals surface area contributed by atoms with Gasteiger partial charge in [-0.3, -0.25) is 5.11 Å². The minimum atomic E-state index is -0.0353. The van der Waals surface area contributed by atoms with E-state index in [2.05, 4.69) is 0 Å². The molecule has 0 amide bonds. The third-order valence-electron chi connectivity index (χ3n) is 1.40. The first-order chi connectivity index (χ1) is 5.24. The van der Waals surface area contributed by atoms with Crippen LogP contribution in [-0.2, 0) is 5.11 Å². The predicted octanol–water partition coefficient (Wildman–Crippen LogP) is 2.54. The first-order valence-corrected chi connectivity index (χ1v) is 3.64. The van der Waals surface area contributed by atoms with E-state index < -0.39 is 0 Å². The Morgan fingerprint density at radius 3 is 2.73 bits per heavy atom. The van der Waals surface area contributed by atoms with E-state index in [-0.39, 0.29) is 5.75 Å². The summed E-state index contributed by atoms with van der Waals surface area (Å²) in [7, 11) is 0. The molecule has 0 aromatic heterocycles. The van der Waals surface area contributed by atoms with Crippen LogP contribution in [0.5, 0.6) is 11.5 Å². The summed E-state index contributed by atoms with van der Waals surface area (Å²) in [5, 5.41) is 11.1. The maximum Gasteiger partial charge on any atom is 0.220 e. The van der Waals surface area contributed by atoms with E-state index in [9.17, 15) is 5.11 Å². The monoisotopic (exact) mass is 151 g/mol. The molecule has 0 heterocycles. The van der Waals surface area contributed by atoms with E-state index >= 15 is 0 Å². The molecule has 0 fully saturated rings. The van der Waals surface area contributed by atoms with Gasteiger partial charge in [0.15, 0.2) is 5.75 Å². The van der Waals surface area contributed by atoms with Crippen molar-refractivity contribution in [1.29, 1.82) is 0 Å². The van der Waals surface area contributed by atoms with Crippen LogP contribution in [0.15, 0.2) is 18.2 Å². The van der Waals surface area contributed by atoms with Gasteiger partial charge in [-0.05, 0) is 31.5 Å². The van der Waals surface area contributed by atoms with E-state index in [4.69, 9.17) is 4.74 Å². The van der Waals surface area contributed by atoms with Gasteiger partial charge in [-0.1, -0.05) is 6.07 Å². The smallest absolute Gasteiger partial charge is 0.220 e. The lowest BCUT2D eigenvalue weighted by Crippen LogP contribution is -1.90. The van der Waals surface area contributed by atoms with Crippen LogP contribution < -0.4 is 4.74 Å². The maximum absolute atomic E-state index is 11.1. The van der Waals surface area contributed by atoms with Crippen molar-refractivity contribution in [2.45, 2.75) is 13.8 Å². The van der Waals surface area contributed by atoms with Gasteiger partial charge in [0, 0.05) is 0 Å². The van der Waals surface area contributed by atoms with E-state index in [0.717, 1.165) is 5.56 Å². The van der Waals surface area contributed by atoms with Crippen LogP contribution in [0.3, 0.4) is 0 Å². The Hall–Kier alpha value is -1.18. The van der Waals surface area contributed by atoms with Gasteiger partial charge in [0.05, 0.1) is 6.61 Å².